The number of rotatable bonds is 3. The molecule has 3 aromatic rings. The number of benzene rings is 1. The first-order valence-electron chi connectivity index (χ1n) is 10.9. The summed E-state index contributed by atoms with van der Waals surface area (Å²) in [5, 5.41) is 3.01. The van der Waals surface area contributed by atoms with Crippen molar-refractivity contribution in [3.63, 3.8) is 0 Å². The number of hydrogen-bond donors (Lipinski definition) is 1. The largest absolute Gasteiger partial charge is 0.338 e. The number of fused-ring (bicyclic) bond motifs is 1. The van der Waals surface area contributed by atoms with Crippen molar-refractivity contribution >= 4 is 28.5 Å². The second-order valence-corrected chi connectivity index (χ2v) is 8.93. The van der Waals surface area contributed by atoms with Crippen LogP contribution in [0.4, 0.5) is 5.69 Å². The number of nitrogens with zero attached hydrogens (tertiary/aromatic N) is 4. The molecule has 0 radical (unpaired) electrons. The molecule has 0 aliphatic carbocycles. The topological polar surface area (TPSA) is 106 Å². The third-order valence-electron chi connectivity index (χ3n) is 6.10. The van der Waals surface area contributed by atoms with Gasteiger partial charge in [-0.1, -0.05) is 26.0 Å². The van der Waals surface area contributed by atoms with E-state index >= 15 is 0 Å². The summed E-state index contributed by atoms with van der Waals surface area (Å²) in [7, 11) is 2.88. The van der Waals surface area contributed by atoms with Gasteiger partial charge in [-0.3, -0.25) is 23.5 Å². The Hall–Kier alpha value is -3.75. The van der Waals surface area contributed by atoms with E-state index in [4.69, 9.17) is 0 Å². The van der Waals surface area contributed by atoms with Crippen molar-refractivity contribution in [3.05, 3.63) is 68.5 Å². The number of aryl methyl sites for hydroxylation is 1. The van der Waals surface area contributed by atoms with E-state index in [1.165, 1.54) is 30.8 Å². The van der Waals surface area contributed by atoms with Crippen molar-refractivity contribution in [2.45, 2.75) is 20.3 Å². The third kappa shape index (κ3) is 4.18. The normalized spacial score (nSPS) is 18.4. The van der Waals surface area contributed by atoms with Gasteiger partial charge in [0.1, 0.15) is 11.3 Å². The molecule has 0 bridgehead atoms. The number of pyridine rings is 1. The summed E-state index contributed by atoms with van der Waals surface area (Å²) in [5.74, 6) is 0.175. The molecule has 33 heavy (non-hydrogen) atoms. The van der Waals surface area contributed by atoms with Crippen LogP contribution in [0, 0.1) is 11.8 Å². The molecule has 1 aromatic carbocycles. The van der Waals surface area contributed by atoms with E-state index < -0.39 is 17.2 Å². The summed E-state index contributed by atoms with van der Waals surface area (Å²) in [5.41, 5.74) is -0.0519. The first kappa shape index (κ1) is 22.4. The molecule has 2 aromatic heterocycles. The Kier molecular flexibility index (Phi) is 5.88. The van der Waals surface area contributed by atoms with Gasteiger partial charge in [0.2, 0.25) is 0 Å². The maximum atomic E-state index is 13.2. The van der Waals surface area contributed by atoms with Crippen molar-refractivity contribution < 1.29 is 9.59 Å². The highest BCUT2D eigenvalue weighted by Gasteiger charge is 2.27. The second-order valence-electron chi connectivity index (χ2n) is 8.93. The van der Waals surface area contributed by atoms with Gasteiger partial charge in [-0.05, 0) is 42.5 Å². The number of likely N-dealkylation sites (tertiary alicyclic amines) is 1. The van der Waals surface area contributed by atoms with Crippen molar-refractivity contribution in [3.8, 4) is 0 Å². The van der Waals surface area contributed by atoms with E-state index in [2.05, 4.69) is 24.1 Å². The molecular formula is C24H27N5O4. The predicted octanol–water partition coefficient (Wildman–Crippen LogP) is 2.00. The Morgan fingerprint density at radius 3 is 2.33 bits per heavy atom. The van der Waals surface area contributed by atoms with Crippen LogP contribution in [0.25, 0.3) is 11.0 Å². The number of aromatic nitrogens is 3. The number of piperidine rings is 1. The van der Waals surface area contributed by atoms with E-state index in [0.29, 0.717) is 36.2 Å². The van der Waals surface area contributed by atoms with E-state index in [9.17, 15) is 19.2 Å². The van der Waals surface area contributed by atoms with Crippen LogP contribution in [0.15, 0.2) is 46.0 Å². The summed E-state index contributed by atoms with van der Waals surface area (Å²) >= 11 is 0. The lowest BCUT2D eigenvalue weighted by Crippen LogP contribution is -2.42. The molecule has 9 heteroatoms. The van der Waals surface area contributed by atoms with E-state index in [-0.39, 0.29) is 22.6 Å². The minimum atomic E-state index is -0.536. The molecule has 2 atom stereocenters. The van der Waals surface area contributed by atoms with Crippen LogP contribution in [0.3, 0.4) is 0 Å². The number of amides is 2. The average Bonchev–Trinajstić information content (AvgIpc) is 2.80. The molecule has 1 saturated heterocycles. The molecule has 2 amide bonds. The lowest BCUT2D eigenvalue weighted by atomic mass is 9.91. The average molecular weight is 450 g/mol. The fourth-order valence-corrected chi connectivity index (χ4v) is 4.54. The zero-order chi connectivity index (χ0) is 23.9. The number of para-hydroxylation sites is 1. The predicted molar refractivity (Wildman–Crippen MR) is 125 cm³/mol. The van der Waals surface area contributed by atoms with Gasteiger partial charge in [-0.15, -0.1) is 0 Å². The van der Waals surface area contributed by atoms with Gasteiger partial charge in [0.25, 0.3) is 17.4 Å². The first-order chi connectivity index (χ1) is 15.7. The van der Waals surface area contributed by atoms with E-state index in [1.807, 2.05) is 4.90 Å². The standard InChI is InChI=1S/C24H27N5O4/c1-14-11-15(2)13-29(12-14)23(32)16-7-5-6-8-18(16)26-21(30)19-10-9-17-20(25-19)27(3)24(33)28(4)22(17)31/h5-10,14-15H,11-13H2,1-4H3,(H,26,30)/t14-,15+. The lowest BCUT2D eigenvalue weighted by molar-refractivity contribution is 0.0624. The maximum Gasteiger partial charge on any atom is 0.332 e. The molecule has 4 rings (SSSR count). The summed E-state index contributed by atoms with van der Waals surface area (Å²) in [6, 6.07) is 9.79. The van der Waals surface area contributed by atoms with E-state index in [1.54, 1.807) is 24.3 Å². The fourth-order valence-electron chi connectivity index (χ4n) is 4.54. The van der Waals surface area contributed by atoms with Crippen LogP contribution in [0.1, 0.15) is 41.1 Å². The number of carbonyl (C=O) groups excluding carboxylic acids is 2. The van der Waals surface area contributed by atoms with Gasteiger partial charge in [-0.2, -0.15) is 0 Å². The fraction of sp³-hybridized carbons (Fsp3) is 0.375. The molecule has 0 unspecified atom stereocenters. The van der Waals surface area contributed by atoms with Crippen LogP contribution >= 0.6 is 0 Å². The molecule has 3 heterocycles. The summed E-state index contributed by atoms with van der Waals surface area (Å²) < 4.78 is 2.22. The highest BCUT2D eigenvalue weighted by molar-refractivity contribution is 6.08. The molecule has 1 N–H and O–H groups in total. The Morgan fingerprint density at radius 2 is 1.64 bits per heavy atom. The van der Waals surface area contributed by atoms with Crippen molar-refractivity contribution in [2.24, 2.45) is 25.9 Å². The lowest BCUT2D eigenvalue weighted by Gasteiger charge is -2.35. The van der Waals surface area contributed by atoms with Crippen LogP contribution < -0.4 is 16.6 Å². The minimum absolute atomic E-state index is 0.0354. The maximum absolute atomic E-state index is 13.2. The zero-order valence-electron chi connectivity index (χ0n) is 19.2. The minimum Gasteiger partial charge on any atom is -0.338 e. The highest BCUT2D eigenvalue weighted by Crippen LogP contribution is 2.25. The molecule has 1 aliphatic rings. The smallest absolute Gasteiger partial charge is 0.332 e. The number of hydrogen-bond acceptors (Lipinski definition) is 5. The quantitative estimate of drug-likeness (QED) is 0.658. The van der Waals surface area contributed by atoms with Gasteiger partial charge in [0.05, 0.1) is 16.6 Å². The van der Waals surface area contributed by atoms with Gasteiger partial charge in [0, 0.05) is 27.2 Å². The molecular weight excluding hydrogens is 422 g/mol. The monoisotopic (exact) mass is 449 g/mol. The van der Waals surface area contributed by atoms with Crippen LogP contribution in [-0.2, 0) is 14.1 Å². The van der Waals surface area contributed by atoms with Gasteiger partial charge < -0.3 is 10.2 Å². The molecule has 172 valence electrons. The highest BCUT2D eigenvalue weighted by atomic mass is 16.2. The first-order valence-corrected chi connectivity index (χ1v) is 10.9. The summed E-state index contributed by atoms with van der Waals surface area (Å²) in [6.07, 6.45) is 1.08. The van der Waals surface area contributed by atoms with E-state index in [0.717, 1.165) is 11.0 Å². The van der Waals surface area contributed by atoms with Crippen LogP contribution in [0.2, 0.25) is 0 Å². The Morgan fingerprint density at radius 1 is 0.970 bits per heavy atom. The van der Waals surface area contributed by atoms with Gasteiger partial charge in [-0.25, -0.2) is 9.78 Å². The van der Waals surface area contributed by atoms with Crippen molar-refractivity contribution in [1.29, 1.82) is 0 Å². The number of carbonyl (C=O) groups is 2. The molecule has 1 aliphatic heterocycles. The number of nitrogens with one attached hydrogen (secondary N) is 1. The van der Waals surface area contributed by atoms with Crippen molar-refractivity contribution in [1.82, 2.24) is 19.0 Å². The zero-order valence-corrected chi connectivity index (χ0v) is 19.2. The SMILES string of the molecule is C[C@@H]1C[C@H](C)CN(C(=O)c2ccccc2NC(=O)c2ccc3c(=O)n(C)c(=O)n(C)c3n2)C1. The third-order valence-corrected chi connectivity index (χ3v) is 6.10. The van der Waals surface area contributed by atoms with Gasteiger partial charge >= 0.3 is 5.69 Å². The summed E-state index contributed by atoms with van der Waals surface area (Å²) in [6.45, 7) is 5.63. The van der Waals surface area contributed by atoms with Crippen molar-refractivity contribution in [2.75, 3.05) is 18.4 Å². The second kappa shape index (κ2) is 8.65. The Bertz CT molecular complexity index is 1360. The number of anilines is 1. The molecule has 0 saturated carbocycles. The molecule has 0 spiro atoms. The summed E-state index contributed by atoms with van der Waals surface area (Å²) in [4.78, 5) is 56.9. The molecule has 9 nitrogen and oxygen atoms in total. The Balaban J connectivity index is 1.65. The Labute approximate surface area is 190 Å². The van der Waals surface area contributed by atoms with Gasteiger partial charge in [0.15, 0.2) is 0 Å². The van der Waals surface area contributed by atoms with Crippen LogP contribution in [0.5, 0.6) is 0 Å². The van der Waals surface area contributed by atoms with Crippen LogP contribution in [-0.4, -0.2) is 43.9 Å². The molecule has 1 fully saturated rings.